The molecule has 1 aliphatic heterocycles. The lowest BCUT2D eigenvalue weighted by Gasteiger charge is -2.11. The van der Waals surface area contributed by atoms with Gasteiger partial charge in [0, 0.05) is 12.1 Å². The van der Waals surface area contributed by atoms with Gasteiger partial charge in [-0.1, -0.05) is 18.2 Å². The first kappa shape index (κ1) is 15.8. The van der Waals surface area contributed by atoms with Crippen LogP contribution in [-0.4, -0.2) is 29.4 Å². The Balaban J connectivity index is 1.95. The Kier molecular flexibility index (Phi) is 3.86. The van der Waals surface area contributed by atoms with Crippen molar-refractivity contribution in [2.75, 3.05) is 0 Å². The molecular formula is C15H11N3O5S. The van der Waals surface area contributed by atoms with E-state index in [1.54, 1.807) is 18.2 Å². The molecule has 3 rings (SSSR count). The molecule has 122 valence electrons. The number of carbonyl (C=O) groups excluding carboxylic acids is 1. The number of rotatable bonds is 4. The molecule has 0 atom stereocenters. The van der Waals surface area contributed by atoms with Crippen molar-refractivity contribution in [2.45, 2.75) is 11.3 Å². The molecule has 0 saturated heterocycles. The number of amides is 1. The van der Waals surface area contributed by atoms with Gasteiger partial charge < -0.3 is 0 Å². The zero-order valence-electron chi connectivity index (χ0n) is 12.2. The van der Waals surface area contributed by atoms with Crippen molar-refractivity contribution in [1.82, 2.24) is 4.41 Å². The van der Waals surface area contributed by atoms with Gasteiger partial charge in [0.2, 0.25) is 0 Å². The highest BCUT2D eigenvalue weighted by Crippen LogP contribution is 2.24. The third kappa shape index (κ3) is 2.76. The third-order valence-corrected chi connectivity index (χ3v) is 5.03. The van der Waals surface area contributed by atoms with Crippen LogP contribution in [0.2, 0.25) is 0 Å². The molecule has 0 saturated carbocycles. The maximum Gasteiger partial charge on any atom is 0.286 e. The summed E-state index contributed by atoms with van der Waals surface area (Å²) in [6, 6.07) is 12.9. The van der Waals surface area contributed by atoms with Crippen LogP contribution in [0.5, 0.6) is 0 Å². The SMILES string of the molecule is O=C1CC(c2ccc([N+](=O)[O-])cc2)=NN1S(=O)(=O)c1ccccc1. The molecule has 24 heavy (non-hydrogen) atoms. The van der Waals surface area contributed by atoms with Crippen molar-refractivity contribution < 1.29 is 18.1 Å². The quantitative estimate of drug-likeness (QED) is 0.621. The molecule has 2 aromatic rings. The molecule has 9 heteroatoms. The molecule has 0 radical (unpaired) electrons. The Morgan fingerprint density at radius 2 is 1.67 bits per heavy atom. The van der Waals surface area contributed by atoms with Crippen LogP contribution in [0.25, 0.3) is 0 Å². The lowest BCUT2D eigenvalue weighted by molar-refractivity contribution is -0.384. The highest BCUT2D eigenvalue weighted by molar-refractivity contribution is 7.89. The van der Waals surface area contributed by atoms with Gasteiger partial charge in [0.15, 0.2) is 0 Å². The van der Waals surface area contributed by atoms with E-state index in [0.717, 1.165) is 0 Å². The molecule has 0 aromatic heterocycles. The van der Waals surface area contributed by atoms with Gasteiger partial charge >= 0.3 is 0 Å². The molecule has 0 N–H and O–H groups in total. The highest BCUT2D eigenvalue weighted by atomic mass is 32.2. The number of hydrogen-bond donors (Lipinski definition) is 0. The third-order valence-electron chi connectivity index (χ3n) is 3.42. The zero-order valence-corrected chi connectivity index (χ0v) is 13.0. The Bertz CT molecular complexity index is 937. The van der Waals surface area contributed by atoms with Gasteiger partial charge in [-0.05, 0) is 29.8 Å². The van der Waals surface area contributed by atoms with Crippen LogP contribution in [-0.2, 0) is 14.8 Å². The molecule has 0 spiro atoms. The topological polar surface area (TPSA) is 110 Å². The van der Waals surface area contributed by atoms with Gasteiger partial charge in [-0.15, -0.1) is 4.41 Å². The molecule has 8 nitrogen and oxygen atoms in total. The maximum atomic E-state index is 12.5. The summed E-state index contributed by atoms with van der Waals surface area (Å²) in [7, 11) is -4.06. The number of hydrazone groups is 1. The largest absolute Gasteiger partial charge is 0.286 e. The fourth-order valence-electron chi connectivity index (χ4n) is 2.23. The second-order valence-electron chi connectivity index (χ2n) is 4.98. The van der Waals surface area contributed by atoms with E-state index in [2.05, 4.69) is 5.10 Å². The van der Waals surface area contributed by atoms with Crippen LogP contribution >= 0.6 is 0 Å². The second kappa shape index (κ2) is 5.85. The van der Waals surface area contributed by atoms with Crippen LogP contribution in [0.3, 0.4) is 0 Å². The van der Waals surface area contributed by atoms with E-state index in [1.165, 1.54) is 36.4 Å². The van der Waals surface area contributed by atoms with E-state index < -0.39 is 20.9 Å². The predicted molar refractivity (Wildman–Crippen MR) is 84.7 cm³/mol. The number of carbonyl (C=O) groups is 1. The van der Waals surface area contributed by atoms with Crippen molar-refractivity contribution in [3.05, 3.63) is 70.3 Å². The average Bonchev–Trinajstić information content (AvgIpc) is 2.98. The smallest absolute Gasteiger partial charge is 0.271 e. The number of nitrogens with zero attached hydrogens (tertiary/aromatic N) is 3. The molecule has 2 aromatic carbocycles. The zero-order chi connectivity index (χ0) is 17.3. The van der Waals surface area contributed by atoms with E-state index in [9.17, 15) is 23.3 Å². The van der Waals surface area contributed by atoms with Gasteiger partial charge in [0.25, 0.3) is 21.6 Å². The van der Waals surface area contributed by atoms with E-state index in [4.69, 9.17) is 0 Å². The standard InChI is InChI=1S/C15H11N3O5S/c19-15-10-14(11-6-8-12(9-7-11)18(20)21)16-17(15)24(22,23)13-4-2-1-3-5-13/h1-9H,10H2. The first-order valence-corrected chi connectivity index (χ1v) is 8.29. The van der Waals surface area contributed by atoms with Crippen molar-refractivity contribution in [3.8, 4) is 0 Å². The van der Waals surface area contributed by atoms with Crippen molar-refractivity contribution in [2.24, 2.45) is 5.10 Å². The average molecular weight is 345 g/mol. The fourth-order valence-corrected chi connectivity index (χ4v) is 3.47. The first-order valence-electron chi connectivity index (χ1n) is 6.85. The summed E-state index contributed by atoms with van der Waals surface area (Å²) >= 11 is 0. The molecular weight excluding hydrogens is 334 g/mol. The molecule has 1 amide bonds. The van der Waals surface area contributed by atoms with Crippen LogP contribution in [0, 0.1) is 10.1 Å². The molecule has 1 heterocycles. The Morgan fingerprint density at radius 1 is 1.04 bits per heavy atom. The molecule has 0 bridgehead atoms. The number of benzene rings is 2. The Morgan fingerprint density at radius 3 is 2.25 bits per heavy atom. The van der Waals surface area contributed by atoms with E-state index >= 15 is 0 Å². The number of nitro benzene ring substituents is 1. The van der Waals surface area contributed by atoms with Gasteiger partial charge in [-0.25, -0.2) is 0 Å². The van der Waals surface area contributed by atoms with Crippen LogP contribution in [0.15, 0.2) is 64.6 Å². The monoisotopic (exact) mass is 345 g/mol. The lowest BCUT2D eigenvalue weighted by Crippen LogP contribution is -2.28. The number of non-ortho nitro benzene ring substituents is 1. The lowest BCUT2D eigenvalue weighted by atomic mass is 10.1. The minimum absolute atomic E-state index is 0.0351. The molecule has 0 aliphatic carbocycles. The summed E-state index contributed by atoms with van der Waals surface area (Å²) in [6.45, 7) is 0. The summed E-state index contributed by atoms with van der Waals surface area (Å²) < 4.78 is 25.4. The summed E-state index contributed by atoms with van der Waals surface area (Å²) in [6.07, 6.45) is -0.191. The number of nitro groups is 1. The summed E-state index contributed by atoms with van der Waals surface area (Å²) in [5.41, 5.74) is 0.603. The highest BCUT2D eigenvalue weighted by Gasteiger charge is 2.35. The van der Waals surface area contributed by atoms with E-state index in [0.29, 0.717) is 9.98 Å². The van der Waals surface area contributed by atoms with E-state index in [1.807, 2.05) is 0 Å². The van der Waals surface area contributed by atoms with Gasteiger partial charge in [0.1, 0.15) is 0 Å². The minimum atomic E-state index is -4.06. The van der Waals surface area contributed by atoms with E-state index in [-0.39, 0.29) is 22.7 Å². The van der Waals surface area contributed by atoms with Crippen LogP contribution < -0.4 is 0 Å². The van der Waals surface area contributed by atoms with Gasteiger partial charge in [-0.2, -0.15) is 13.5 Å². The normalized spacial score (nSPS) is 14.6. The fraction of sp³-hybridized carbons (Fsp3) is 0.0667. The summed E-state index contributed by atoms with van der Waals surface area (Å²) in [4.78, 5) is 22.2. The predicted octanol–water partition coefficient (Wildman–Crippen LogP) is 1.92. The minimum Gasteiger partial charge on any atom is -0.271 e. The van der Waals surface area contributed by atoms with Gasteiger partial charge in [-0.3, -0.25) is 14.9 Å². The van der Waals surface area contributed by atoms with Crippen LogP contribution in [0.4, 0.5) is 5.69 Å². The molecule has 0 unspecified atom stereocenters. The first-order chi connectivity index (χ1) is 11.4. The second-order valence-corrected chi connectivity index (χ2v) is 6.75. The van der Waals surface area contributed by atoms with Crippen molar-refractivity contribution in [3.63, 3.8) is 0 Å². The molecule has 0 fully saturated rings. The van der Waals surface area contributed by atoms with Gasteiger partial charge in [0.05, 0.1) is 22.0 Å². The summed E-state index contributed by atoms with van der Waals surface area (Å²) in [5.74, 6) is -0.674. The van der Waals surface area contributed by atoms with Crippen molar-refractivity contribution in [1.29, 1.82) is 0 Å². The summed E-state index contributed by atoms with van der Waals surface area (Å²) in [5, 5.41) is 14.6. The Labute approximate surface area is 137 Å². The van der Waals surface area contributed by atoms with Crippen molar-refractivity contribution >= 4 is 27.3 Å². The number of hydrogen-bond acceptors (Lipinski definition) is 6. The molecule has 1 aliphatic rings. The maximum absolute atomic E-state index is 12.5. The number of sulfonamides is 1. The Hall–Kier alpha value is -3.07. The van der Waals surface area contributed by atoms with Crippen LogP contribution in [0.1, 0.15) is 12.0 Å².